The fourth-order valence-corrected chi connectivity index (χ4v) is 2.41. The lowest BCUT2D eigenvalue weighted by atomic mass is 9.95. The lowest BCUT2D eigenvalue weighted by Crippen LogP contribution is -2.42. The summed E-state index contributed by atoms with van der Waals surface area (Å²) in [5, 5.41) is 4.41. The van der Waals surface area contributed by atoms with E-state index in [9.17, 15) is 0 Å². The maximum atomic E-state index is 5.91. The zero-order chi connectivity index (χ0) is 14.4. The molecule has 1 aromatic carbocycles. The zero-order valence-corrected chi connectivity index (χ0v) is 12.9. The zero-order valence-electron chi connectivity index (χ0n) is 12.1. The van der Waals surface area contributed by atoms with Gasteiger partial charge in [0.05, 0.1) is 6.33 Å². The van der Waals surface area contributed by atoms with Crippen molar-refractivity contribution in [3.63, 3.8) is 0 Å². The van der Waals surface area contributed by atoms with Crippen LogP contribution in [-0.4, -0.2) is 21.6 Å². The SMILES string of the molecule is CC(C)(Cc1ccc(Cl)cc1)NCCCn1ccnc1. The molecule has 1 aromatic heterocycles. The highest BCUT2D eigenvalue weighted by Gasteiger charge is 2.17. The molecule has 0 unspecified atom stereocenters. The molecule has 0 spiro atoms. The van der Waals surface area contributed by atoms with Gasteiger partial charge in [-0.1, -0.05) is 23.7 Å². The molecule has 0 atom stereocenters. The van der Waals surface area contributed by atoms with E-state index in [4.69, 9.17) is 11.6 Å². The van der Waals surface area contributed by atoms with Gasteiger partial charge in [0.2, 0.25) is 0 Å². The number of imidazole rings is 1. The van der Waals surface area contributed by atoms with Crippen molar-refractivity contribution < 1.29 is 0 Å². The molecule has 0 fully saturated rings. The van der Waals surface area contributed by atoms with Crippen LogP contribution in [0.2, 0.25) is 5.02 Å². The third-order valence-electron chi connectivity index (χ3n) is 3.32. The number of nitrogens with zero attached hydrogens (tertiary/aromatic N) is 2. The number of hydrogen-bond acceptors (Lipinski definition) is 2. The van der Waals surface area contributed by atoms with E-state index < -0.39 is 0 Å². The Morgan fingerprint density at radius 1 is 1.25 bits per heavy atom. The number of rotatable bonds is 7. The molecule has 3 nitrogen and oxygen atoms in total. The van der Waals surface area contributed by atoms with E-state index in [1.165, 1.54) is 5.56 Å². The van der Waals surface area contributed by atoms with E-state index in [0.717, 1.165) is 31.0 Å². The molecular formula is C16H22ClN3. The second-order valence-electron chi connectivity index (χ2n) is 5.77. The van der Waals surface area contributed by atoms with Crippen molar-refractivity contribution in [2.24, 2.45) is 0 Å². The third kappa shape index (κ3) is 4.99. The molecule has 20 heavy (non-hydrogen) atoms. The van der Waals surface area contributed by atoms with E-state index in [-0.39, 0.29) is 5.54 Å². The Labute approximate surface area is 126 Å². The van der Waals surface area contributed by atoms with E-state index >= 15 is 0 Å². The van der Waals surface area contributed by atoms with Crippen molar-refractivity contribution in [3.8, 4) is 0 Å². The summed E-state index contributed by atoms with van der Waals surface area (Å²) < 4.78 is 2.11. The minimum atomic E-state index is 0.0861. The van der Waals surface area contributed by atoms with Crippen molar-refractivity contribution in [2.75, 3.05) is 6.54 Å². The second kappa shape index (κ2) is 6.91. The molecule has 0 aliphatic rings. The maximum Gasteiger partial charge on any atom is 0.0945 e. The van der Waals surface area contributed by atoms with Crippen LogP contribution in [0.25, 0.3) is 0 Å². The molecule has 0 aliphatic carbocycles. The molecular weight excluding hydrogens is 270 g/mol. The normalized spacial score (nSPS) is 11.8. The molecule has 108 valence electrons. The van der Waals surface area contributed by atoms with Gasteiger partial charge in [0.1, 0.15) is 0 Å². The van der Waals surface area contributed by atoms with Crippen LogP contribution in [-0.2, 0) is 13.0 Å². The van der Waals surface area contributed by atoms with Gasteiger partial charge in [-0.15, -0.1) is 0 Å². The van der Waals surface area contributed by atoms with Crippen LogP contribution in [0.1, 0.15) is 25.8 Å². The highest BCUT2D eigenvalue weighted by atomic mass is 35.5. The summed E-state index contributed by atoms with van der Waals surface area (Å²) in [7, 11) is 0. The van der Waals surface area contributed by atoms with Crippen molar-refractivity contribution in [1.82, 2.24) is 14.9 Å². The molecule has 0 bridgehead atoms. The highest BCUT2D eigenvalue weighted by molar-refractivity contribution is 6.30. The van der Waals surface area contributed by atoms with Crippen molar-refractivity contribution in [3.05, 3.63) is 53.6 Å². The Hall–Kier alpha value is -1.32. The first-order valence-electron chi connectivity index (χ1n) is 7.00. The number of nitrogens with one attached hydrogen (secondary N) is 1. The number of halogens is 1. The molecule has 0 amide bonds. The van der Waals surface area contributed by atoms with Crippen LogP contribution in [0.4, 0.5) is 0 Å². The minimum Gasteiger partial charge on any atom is -0.337 e. The van der Waals surface area contributed by atoms with Gasteiger partial charge in [0.25, 0.3) is 0 Å². The molecule has 1 N–H and O–H groups in total. The monoisotopic (exact) mass is 291 g/mol. The molecule has 0 saturated heterocycles. The van der Waals surface area contributed by atoms with Crippen molar-refractivity contribution >= 4 is 11.6 Å². The molecule has 1 heterocycles. The summed E-state index contributed by atoms with van der Waals surface area (Å²) in [6.45, 7) is 6.47. The van der Waals surface area contributed by atoms with E-state index in [2.05, 4.69) is 40.8 Å². The van der Waals surface area contributed by atoms with Gasteiger partial charge in [0, 0.05) is 29.5 Å². The lowest BCUT2D eigenvalue weighted by molar-refractivity contribution is 0.378. The Morgan fingerprint density at radius 2 is 2.00 bits per heavy atom. The van der Waals surface area contributed by atoms with Crippen LogP contribution < -0.4 is 5.32 Å². The standard InChI is InChI=1S/C16H22ClN3/c1-16(2,12-14-4-6-15(17)7-5-14)19-8-3-10-20-11-9-18-13-20/h4-7,9,11,13,19H,3,8,10,12H2,1-2H3. The Morgan fingerprint density at radius 3 is 2.65 bits per heavy atom. The third-order valence-corrected chi connectivity index (χ3v) is 3.57. The first-order chi connectivity index (χ1) is 9.55. The lowest BCUT2D eigenvalue weighted by Gasteiger charge is -2.26. The van der Waals surface area contributed by atoms with Gasteiger partial charge in [0.15, 0.2) is 0 Å². The summed E-state index contributed by atoms with van der Waals surface area (Å²) >= 11 is 5.91. The highest BCUT2D eigenvalue weighted by Crippen LogP contribution is 2.15. The molecule has 2 rings (SSSR count). The van der Waals surface area contributed by atoms with Gasteiger partial charge in [-0.25, -0.2) is 4.98 Å². The summed E-state index contributed by atoms with van der Waals surface area (Å²) in [5.41, 5.74) is 1.39. The quantitative estimate of drug-likeness (QED) is 0.791. The summed E-state index contributed by atoms with van der Waals surface area (Å²) in [4.78, 5) is 4.04. The largest absolute Gasteiger partial charge is 0.337 e. The Kier molecular flexibility index (Phi) is 5.21. The van der Waals surface area contributed by atoms with Gasteiger partial charge in [-0.2, -0.15) is 0 Å². The first kappa shape index (κ1) is 15.1. The van der Waals surface area contributed by atoms with E-state index in [1.54, 1.807) is 0 Å². The Bertz CT molecular complexity index is 503. The van der Waals surface area contributed by atoms with Gasteiger partial charge >= 0.3 is 0 Å². The predicted octanol–water partition coefficient (Wildman–Crippen LogP) is 3.54. The summed E-state index contributed by atoms with van der Waals surface area (Å²) in [6, 6.07) is 8.09. The number of benzene rings is 1. The van der Waals surface area contributed by atoms with Gasteiger partial charge in [-0.05, 0) is 50.9 Å². The fourth-order valence-electron chi connectivity index (χ4n) is 2.28. The smallest absolute Gasteiger partial charge is 0.0945 e. The number of aromatic nitrogens is 2. The topological polar surface area (TPSA) is 29.9 Å². The average Bonchev–Trinajstić information content (AvgIpc) is 2.90. The Balaban J connectivity index is 1.74. The molecule has 0 aliphatic heterocycles. The number of hydrogen-bond donors (Lipinski definition) is 1. The average molecular weight is 292 g/mol. The van der Waals surface area contributed by atoms with Crippen LogP contribution in [0.5, 0.6) is 0 Å². The molecule has 4 heteroatoms. The van der Waals surface area contributed by atoms with Gasteiger partial charge in [-0.3, -0.25) is 0 Å². The predicted molar refractivity (Wildman–Crippen MR) is 84.1 cm³/mol. The van der Waals surface area contributed by atoms with Crippen molar-refractivity contribution in [1.29, 1.82) is 0 Å². The van der Waals surface area contributed by atoms with Crippen LogP contribution >= 0.6 is 11.6 Å². The maximum absolute atomic E-state index is 5.91. The molecule has 0 saturated carbocycles. The summed E-state index contributed by atoms with van der Waals surface area (Å²) in [5.74, 6) is 0. The van der Waals surface area contributed by atoms with Gasteiger partial charge < -0.3 is 9.88 Å². The number of aryl methyl sites for hydroxylation is 1. The van der Waals surface area contributed by atoms with Crippen molar-refractivity contribution in [2.45, 2.75) is 38.8 Å². The molecule has 2 aromatic rings. The van der Waals surface area contributed by atoms with E-state index in [0.29, 0.717) is 0 Å². The van der Waals surface area contributed by atoms with Crippen LogP contribution in [0, 0.1) is 0 Å². The van der Waals surface area contributed by atoms with E-state index in [1.807, 2.05) is 30.9 Å². The fraction of sp³-hybridized carbons (Fsp3) is 0.438. The van der Waals surface area contributed by atoms with Crippen LogP contribution in [0.15, 0.2) is 43.0 Å². The molecule has 0 radical (unpaired) electrons. The van der Waals surface area contributed by atoms with Crippen LogP contribution in [0.3, 0.4) is 0 Å². The first-order valence-corrected chi connectivity index (χ1v) is 7.38. The minimum absolute atomic E-state index is 0.0861. The second-order valence-corrected chi connectivity index (χ2v) is 6.20. The summed E-state index contributed by atoms with van der Waals surface area (Å²) in [6.07, 6.45) is 7.77.